The molecule has 3 unspecified atom stereocenters. The summed E-state index contributed by atoms with van der Waals surface area (Å²) < 4.78 is 0. The maximum absolute atomic E-state index is 12.0. The second kappa shape index (κ2) is 6.25. The minimum atomic E-state index is -1.32. The summed E-state index contributed by atoms with van der Waals surface area (Å²) in [4.78, 5) is -0.836. The molecule has 3 rings (SSSR count). The third-order valence-corrected chi connectivity index (χ3v) is 5.21. The highest BCUT2D eigenvalue weighted by molar-refractivity contribution is 6.25. The fraction of sp³-hybridized carbons (Fsp3) is 0.238. The number of alkyl halides is 1. The van der Waals surface area contributed by atoms with E-state index in [2.05, 4.69) is 0 Å². The second-order valence-electron chi connectivity index (χ2n) is 6.84. The highest BCUT2D eigenvalue weighted by Crippen LogP contribution is 2.48. The Morgan fingerprint density at radius 3 is 2.40 bits per heavy atom. The molecule has 1 aliphatic rings. The van der Waals surface area contributed by atoms with Gasteiger partial charge in [-0.3, -0.25) is 0 Å². The molecule has 4 heteroatoms. The monoisotopic (exact) mass is 354 g/mol. The van der Waals surface area contributed by atoms with Crippen LogP contribution in [0.25, 0.3) is 0 Å². The molecule has 0 radical (unpaired) electrons. The Bertz CT molecular complexity index is 842. The van der Waals surface area contributed by atoms with Gasteiger partial charge in [-0.05, 0) is 54.8 Å². The molecule has 0 saturated carbocycles. The van der Waals surface area contributed by atoms with E-state index < -0.39 is 16.4 Å². The van der Waals surface area contributed by atoms with Crippen molar-refractivity contribution in [1.29, 1.82) is 0 Å². The lowest BCUT2D eigenvalue weighted by molar-refractivity contribution is 0.0260. The van der Waals surface area contributed by atoms with Gasteiger partial charge in [0.2, 0.25) is 0 Å². The van der Waals surface area contributed by atoms with E-state index in [4.69, 9.17) is 23.1 Å². The number of rotatable bonds is 3. The number of nitrogens with two attached hydrogens (primary N) is 2. The lowest BCUT2D eigenvalue weighted by Gasteiger charge is -2.44. The van der Waals surface area contributed by atoms with E-state index in [1.165, 1.54) is 0 Å². The summed E-state index contributed by atoms with van der Waals surface area (Å²) in [6, 6.07) is 15.1. The van der Waals surface area contributed by atoms with Gasteiger partial charge in [0.15, 0.2) is 0 Å². The fourth-order valence-corrected chi connectivity index (χ4v) is 4.07. The number of hydrogen-bond donors (Lipinski definition) is 3. The van der Waals surface area contributed by atoms with E-state index in [-0.39, 0.29) is 0 Å². The Morgan fingerprint density at radius 1 is 1.12 bits per heavy atom. The van der Waals surface area contributed by atoms with Crippen molar-refractivity contribution in [1.82, 2.24) is 0 Å². The Labute approximate surface area is 153 Å². The summed E-state index contributed by atoms with van der Waals surface area (Å²) in [5.74, 6) is -0.404. The molecule has 0 amide bonds. The number of anilines is 1. The van der Waals surface area contributed by atoms with Crippen molar-refractivity contribution in [2.75, 3.05) is 5.73 Å². The van der Waals surface area contributed by atoms with Crippen molar-refractivity contribution in [3.63, 3.8) is 0 Å². The summed E-state index contributed by atoms with van der Waals surface area (Å²) in [6.07, 6.45) is 5.49. The Kier molecular flexibility index (Phi) is 4.40. The minimum Gasteiger partial charge on any atom is -0.399 e. The zero-order chi connectivity index (χ0) is 18.2. The van der Waals surface area contributed by atoms with Crippen molar-refractivity contribution in [2.45, 2.75) is 24.3 Å². The predicted octanol–water partition coefficient (Wildman–Crippen LogP) is 3.84. The van der Waals surface area contributed by atoms with Crippen molar-refractivity contribution in [3.8, 4) is 0 Å². The average Bonchev–Trinajstić information content (AvgIpc) is 2.54. The van der Waals surface area contributed by atoms with Gasteiger partial charge < -0.3 is 16.6 Å². The van der Waals surface area contributed by atoms with Crippen LogP contribution in [0.4, 0.5) is 5.69 Å². The van der Waals surface area contributed by atoms with Gasteiger partial charge in [0.05, 0.1) is 4.87 Å². The van der Waals surface area contributed by atoms with Gasteiger partial charge >= 0.3 is 0 Å². The van der Waals surface area contributed by atoms with E-state index in [0.29, 0.717) is 11.4 Å². The van der Waals surface area contributed by atoms with Gasteiger partial charge in [0.25, 0.3) is 0 Å². The zero-order valence-corrected chi connectivity index (χ0v) is 15.2. The van der Waals surface area contributed by atoms with Crippen molar-refractivity contribution < 1.29 is 5.11 Å². The van der Waals surface area contributed by atoms with Crippen molar-refractivity contribution in [3.05, 3.63) is 89.1 Å². The van der Waals surface area contributed by atoms with Crippen molar-refractivity contribution in [2.24, 2.45) is 11.7 Å². The van der Waals surface area contributed by atoms with Gasteiger partial charge in [-0.2, -0.15) is 0 Å². The number of hydrogen-bond acceptors (Lipinski definition) is 3. The van der Waals surface area contributed by atoms with Crippen LogP contribution >= 0.6 is 11.6 Å². The molecule has 2 aromatic carbocycles. The molecular weight excluding hydrogens is 332 g/mol. The number of benzene rings is 2. The first-order valence-corrected chi connectivity index (χ1v) is 8.63. The molecule has 1 aliphatic carbocycles. The molecular formula is C21H23ClN2O. The van der Waals surface area contributed by atoms with Crippen LogP contribution in [0.1, 0.15) is 23.6 Å². The molecule has 3 nitrogen and oxygen atoms in total. The van der Waals surface area contributed by atoms with E-state index in [1.807, 2.05) is 62.4 Å². The molecule has 25 heavy (non-hydrogen) atoms. The number of aliphatic hydroxyl groups is 1. The summed E-state index contributed by atoms with van der Waals surface area (Å²) in [5, 5.41) is 12.0. The second-order valence-corrected chi connectivity index (χ2v) is 7.65. The van der Waals surface area contributed by atoms with Gasteiger partial charge in [-0.15, -0.1) is 11.6 Å². The normalized spacial score (nSPS) is 25.3. The Morgan fingerprint density at radius 2 is 1.80 bits per heavy atom. The molecule has 0 aromatic heterocycles. The van der Waals surface area contributed by atoms with Crippen LogP contribution in [0.5, 0.6) is 0 Å². The summed E-state index contributed by atoms with van der Waals surface area (Å²) in [7, 11) is 0. The number of allylic oxidation sites excluding steroid dienone is 2. The van der Waals surface area contributed by atoms with Gasteiger partial charge in [-0.25, -0.2) is 0 Å². The summed E-state index contributed by atoms with van der Waals surface area (Å²) >= 11 is 6.81. The highest BCUT2D eigenvalue weighted by Gasteiger charge is 2.48. The maximum Gasteiger partial charge on any atom is 0.123 e. The van der Waals surface area contributed by atoms with E-state index >= 15 is 0 Å². The fourth-order valence-electron chi connectivity index (χ4n) is 3.72. The number of nitrogen functional groups attached to an aromatic ring is 1. The largest absolute Gasteiger partial charge is 0.399 e. The lowest BCUT2D eigenvalue weighted by atomic mass is 9.68. The molecule has 130 valence electrons. The van der Waals surface area contributed by atoms with Crippen LogP contribution < -0.4 is 11.5 Å². The van der Waals surface area contributed by atoms with Crippen LogP contribution in [0.3, 0.4) is 0 Å². The first-order chi connectivity index (χ1) is 11.7. The first-order valence-electron chi connectivity index (χ1n) is 8.25. The molecule has 0 fully saturated rings. The molecule has 2 aromatic rings. The third kappa shape index (κ3) is 3.06. The quantitative estimate of drug-likeness (QED) is 0.579. The van der Waals surface area contributed by atoms with E-state index in [1.54, 1.807) is 18.2 Å². The molecule has 0 saturated heterocycles. The summed E-state index contributed by atoms with van der Waals surface area (Å²) in [6.45, 7) is 3.82. The van der Waals surface area contributed by atoms with Crippen LogP contribution in [0.2, 0.25) is 0 Å². The molecule has 0 spiro atoms. The van der Waals surface area contributed by atoms with Gasteiger partial charge in [-0.1, -0.05) is 42.5 Å². The Balaban J connectivity index is 2.26. The number of halogens is 1. The van der Waals surface area contributed by atoms with Crippen molar-refractivity contribution >= 4 is 17.3 Å². The summed E-state index contributed by atoms with van der Waals surface area (Å²) in [5.41, 5.74) is 14.3. The van der Waals surface area contributed by atoms with Gasteiger partial charge in [0.1, 0.15) is 5.60 Å². The highest BCUT2D eigenvalue weighted by atomic mass is 35.5. The van der Waals surface area contributed by atoms with Crippen LogP contribution in [0.15, 0.2) is 72.5 Å². The van der Waals surface area contributed by atoms with E-state index in [9.17, 15) is 5.11 Å². The topological polar surface area (TPSA) is 72.3 Å². The van der Waals surface area contributed by atoms with Crippen LogP contribution in [-0.4, -0.2) is 9.98 Å². The SMILES string of the molecule is Cc1cc(N)ccc1C(O)(c1ccccc1)C1C=CC(N)=CC1(C)Cl. The average molecular weight is 355 g/mol. The number of aryl methyl sites for hydroxylation is 1. The molecule has 0 heterocycles. The smallest absolute Gasteiger partial charge is 0.123 e. The van der Waals surface area contributed by atoms with Crippen LogP contribution in [0, 0.1) is 12.8 Å². The molecule has 5 N–H and O–H groups in total. The zero-order valence-electron chi connectivity index (χ0n) is 14.4. The third-order valence-electron chi connectivity index (χ3n) is 4.86. The van der Waals surface area contributed by atoms with E-state index in [0.717, 1.165) is 16.7 Å². The lowest BCUT2D eigenvalue weighted by Crippen LogP contribution is -2.46. The molecule has 0 bridgehead atoms. The first kappa shape index (κ1) is 17.6. The van der Waals surface area contributed by atoms with Crippen LogP contribution in [-0.2, 0) is 5.60 Å². The minimum absolute atomic E-state index is 0.404. The van der Waals surface area contributed by atoms with Gasteiger partial charge in [0, 0.05) is 17.3 Å². The maximum atomic E-state index is 12.0. The molecule has 3 atom stereocenters. The standard InChI is InChI=1S/C21H23ClN2O/c1-14-12-16(23)8-10-18(14)21(25,15-6-4-3-5-7-15)19-11-9-17(24)13-20(19,2)22/h3-13,19,25H,23-24H2,1-2H3. The molecule has 0 aliphatic heterocycles. The predicted molar refractivity (Wildman–Crippen MR) is 104 cm³/mol. The Hall–Kier alpha value is -2.23.